The Bertz CT molecular complexity index is 918. The van der Waals surface area contributed by atoms with E-state index in [0.29, 0.717) is 19.5 Å². The van der Waals surface area contributed by atoms with Crippen LogP contribution in [0.15, 0.2) is 54.6 Å². The van der Waals surface area contributed by atoms with Crippen molar-refractivity contribution in [2.45, 2.75) is 32.9 Å². The largest absolute Gasteiger partial charge is 0.356 e. The van der Waals surface area contributed by atoms with E-state index in [4.69, 9.17) is 0 Å². The molecule has 140 valence electrons. The number of carbonyl (C=O) groups excluding carboxylic acids is 2. The van der Waals surface area contributed by atoms with Gasteiger partial charge in [-0.2, -0.15) is 0 Å². The maximum atomic E-state index is 12.5. The fraction of sp³-hybridized carbons (Fsp3) is 0.286. The van der Waals surface area contributed by atoms with Gasteiger partial charge in [-0.15, -0.1) is 0 Å². The Morgan fingerprint density at radius 1 is 1.00 bits per heavy atom. The molecule has 2 amide bonds. The molecule has 0 saturated carbocycles. The number of carbonyl (C=O) groups is 2. The van der Waals surface area contributed by atoms with Crippen LogP contribution < -0.4 is 10.6 Å². The highest BCUT2D eigenvalue weighted by atomic mass is 16.2. The molecule has 0 aliphatic rings. The first kappa shape index (κ1) is 18.6. The summed E-state index contributed by atoms with van der Waals surface area (Å²) in [5.41, 5.74) is 2.89. The van der Waals surface area contributed by atoms with Crippen LogP contribution in [-0.4, -0.2) is 27.9 Å². The van der Waals surface area contributed by atoms with Crippen molar-refractivity contribution in [1.29, 1.82) is 0 Å². The Labute approximate surface area is 158 Å². The number of fused-ring (bicyclic) bond motifs is 1. The van der Waals surface area contributed by atoms with E-state index in [1.165, 1.54) is 6.92 Å². The topological polar surface area (TPSA) is 76.0 Å². The van der Waals surface area contributed by atoms with Gasteiger partial charge in [0.25, 0.3) is 0 Å². The van der Waals surface area contributed by atoms with E-state index in [1.54, 1.807) is 0 Å². The number of rotatable bonds is 8. The van der Waals surface area contributed by atoms with Crippen molar-refractivity contribution in [3.63, 3.8) is 0 Å². The zero-order valence-electron chi connectivity index (χ0n) is 15.4. The Morgan fingerprint density at radius 3 is 2.52 bits per heavy atom. The van der Waals surface area contributed by atoms with Gasteiger partial charge in [0.05, 0.1) is 11.0 Å². The van der Waals surface area contributed by atoms with Gasteiger partial charge in [-0.3, -0.25) is 9.59 Å². The summed E-state index contributed by atoms with van der Waals surface area (Å²) in [7, 11) is 0. The summed E-state index contributed by atoms with van der Waals surface area (Å²) < 4.78 is 1.96. The van der Waals surface area contributed by atoms with E-state index >= 15 is 0 Å². The SMILES string of the molecule is CC(=O)NCCCc1nc2ccccc2n1CC(=O)NCc1ccccc1. The van der Waals surface area contributed by atoms with Crippen LogP contribution in [0, 0.1) is 0 Å². The van der Waals surface area contributed by atoms with Crippen LogP contribution in [-0.2, 0) is 29.1 Å². The standard InChI is InChI=1S/C21H24N4O2/c1-16(26)22-13-7-12-20-24-18-10-5-6-11-19(18)25(20)15-21(27)23-14-17-8-3-2-4-9-17/h2-6,8-11H,7,12-15H2,1H3,(H,22,26)(H,23,27). The third-order valence-corrected chi connectivity index (χ3v) is 4.32. The van der Waals surface area contributed by atoms with Crippen LogP contribution in [0.5, 0.6) is 0 Å². The van der Waals surface area contributed by atoms with Crippen molar-refractivity contribution >= 4 is 22.8 Å². The van der Waals surface area contributed by atoms with Crippen LogP contribution in [0.4, 0.5) is 0 Å². The van der Waals surface area contributed by atoms with Gasteiger partial charge in [0.2, 0.25) is 11.8 Å². The summed E-state index contributed by atoms with van der Waals surface area (Å²) in [5.74, 6) is 0.769. The van der Waals surface area contributed by atoms with Gasteiger partial charge in [-0.1, -0.05) is 42.5 Å². The molecular formula is C21H24N4O2. The van der Waals surface area contributed by atoms with Crippen LogP contribution >= 0.6 is 0 Å². The highest BCUT2D eigenvalue weighted by Gasteiger charge is 2.13. The number of hydrogen-bond donors (Lipinski definition) is 2. The van der Waals surface area contributed by atoms with Crippen molar-refractivity contribution in [3.8, 4) is 0 Å². The molecule has 3 aromatic rings. The fourth-order valence-electron chi connectivity index (χ4n) is 3.00. The molecule has 1 heterocycles. The van der Waals surface area contributed by atoms with Gasteiger partial charge in [0.1, 0.15) is 12.4 Å². The second-order valence-electron chi connectivity index (χ2n) is 6.45. The van der Waals surface area contributed by atoms with Crippen LogP contribution in [0.1, 0.15) is 24.7 Å². The second kappa shape index (κ2) is 8.98. The summed E-state index contributed by atoms with van der Waals surface area (Å²) in [4.78, 5) is 28.2. The molecule has 3 rings (SSSR count). The van der Waals surface area contributed by atoms with E-state index in [2.05, 4.69) is 15.6 Å². The lowest BCUT2D eigenvalue weighted by molar-refractivity contribution is -0.122. The molecule has 2 aromatic carbocycles. The van der Waals surface area contributed by atoms with Gasteiger partial charge in [0.15, 0.2) is 0 Å². The van der Waals surface area contributed by atoms with E-state index in [9.17, 15) is 9.59 Å². The Balaban J connectivity index is 1.68. The summed E-state index contributed by atoms with van der Waals surface area (Å²) in [6, 6.07) is 17.7. The molecule has 0 spiro atoms. The molecule has 0 unspecified atom stereocenters. The normalized spacial score (nSPS) is 10.7. The van der Waals surface area contributed by atoms with Crippen molar-refractivity contribution in [2.24, 2.45) is 0 Å². The first-order chi connectivity index (χ1) is 13.1. The Morgan fingerprint density at radius 2 is 1.74 bits per heavy atom. The minimum atomic E-state index is -0.0508. The van der Waals surface area contributed by atoms with Crippen LogP contribution in [0.25, 0.3) is 11.0 Å². The molecular weight excluding hydrogens is 340 g/mol. The van der Waals surface area contributed by atoms with Gasteiger partial charge in [-0.25, -0.2) is 4.98 Å². The molecule has 6 heteroatoms. The predicted octanol–water partition coefficient (Wildman–Crippen LogP) is 2.42. The van der Waals surface area contributed by atoms with Crippen molar-refractivity contribution in [2.75, 3.05) is 6.54 Å². The lowest BCUT2D eigenvalue weighted by atomic mass is 10.2. The Kier molecular flexibility index (Phi) is 6.20. The third kappa shape index (κ3) is 5.17. The van der Waals surface area contributed by atoms with E-state index in [1.807, 2.05) is 59.2 Å². The van der Waals surface area contributed by atoms with Crippen molar-refractivity contribution in [1.82, 2.24) is 20.2 Å². The lowest BCUT2D eigenvalue weighted by Gasteiger charge is -2.10. The molecule has 0 saturated heterocycles. The monoisotopic (exact) mass is 364 g/mol. The minimum absolute atomic E-state index is 0.0382. The fourth-order valence-corrected chi connectivity index (χ4v) is 3.00. The molecule has 0 bridgehead atoms. The first-order valence-corrected chi connectivity index (χ1v) is 9.12. The molecule has 0 radical (unpaired) electrons. The number of aromatic nitrogens is 2. The summed E-state index contributed by atoms with van der Waals surface area (Å²) >= 11 is 0. The smallest absolute Gasteiger partial charge is 0.240 e. The van der Waals surface area contributed by atoms with Crippen molar-refractivity contribution < 1.29 is 9.59 Å². The van der Waals surface area contributed by atoms with Gasteiger partial charge < -0.3 is 15.2 Å². The van der Waals surface area contributed by atoms with Gasteiger partial charge in [-0.05, 0) is 24.1 Å². The summed E-state index contributed by atoms with van der Waals surface area (Å²) in [6.07, 6.45) is 1.47. The molecule has 0 atom stereocenters. The predicted molar refractivity (Wildman–Crippen MR) is 105 cm³/mol. The third-order valence-electron chi connectivity index (χ3n) is 4.32. The number of para-hydroxylation sites is 2. The summed E-state index contributed by atoms with van der Waals surface area (Å²) in [6.45, 7) is 2.83. The average molecular weight is 364 g/mol. The number of aryl methyl sites for hydroxylation is 1. The summed E-state index contributed by atoms with van der Waals surface area (Å²) in [5, 5.41) is 5.76. The van der Waals surface area contributed by atoms with Crippen molar-refractivity contribution in [3.05, 3.63) is 66.0 Å². The van der Waals surface area contributed by atoms with Gasteiger partial charge >= 0.3 is 0 Å². The number of hydrogen-bond acceptors (Lipinski definition) is 3. The highest BCUT2D eigenvalue weighted by molar-refractivity contribution is 5.81. The Hall–Kier alpha value is -3.15. The minimum Gasteiger partial charge on any atom is -0.356 e. The number of benzene rings is 2. The highest BCUT2D eigenvalue weighted by Crippen LogP contribution is 2.17. The van der Waals surface area contributed by atoms with E-state index < -0.39 is 0 Å². The zero-order chi connectivity index (χ0) is 19.1. The number of imidazole rings is 1. The maximum Gasteiger partial charge on any atom is 0.240 e. The quantitative estimate of drug-likeness (QED) is 0.603. The van der Waals surface area contributed by atoms with Gasteiger partial charge in [0, 0.05) is 26.4 Å². The van der Waals surface area contributed by atoms with Crippen LogP contribution in [0.2, 0.25) is 0 Å². The zero-order valence-corrected chi connectivity index (χ0v) is 15.4. The molecule has 2 N–H and O–H groups in total. The second-order valence-corrected chi connectivity index (χ2v) is 6.45. The maximum absolute atomic E-state index is 12.5. The first-order valence-electron chi connectivity index (χ1n) is 9.12. The molecule has 0 aliphatic carbocycles. The molecule has 1 aromatic heterocycles. The molecule has 27 heavy (non-hydrogen) atoms. The molecule has 0 fully saturated rings. The number of nitrogens with zero attached hydrogens (tertiary/aromatic N) is 2. The lowest BCUT2D eigenvalue weighted by Crippen LogP contribution is -2.28. The number of nitrogens with one attached hydrogen (secondary N) is 2. The molecule has 0 aliphatic heterocycles. The average Bonchev–Trinajstić information content (AvgIpc) is 3.02. The van der Waals surface area contributed by atoms with E-state index in [-0.39, 0.29) is 18.4 Å². The number of amides is 2. The van der Waals surface area contributed by atoms with E-state index in [0.717, 1.165) is 28.8 Å². The molecule has 6 nitrogen and oxygen atoms in total. The van der Waals surface area contributed by atoms with Crippen LogP contribution in [0.3, 0.4) is 0 Å².